The fourth-order valence-corrected chi connectivity index (χ4v) is 4.74. The molecular formula is C15H27IO3. The van der Waals surface area contributed by atoms with Gasteiger partial charge >= 0.3 is 5.97 Å². The maximum absolute atomic E-state index is 11.7. The van der Waals surface area contributed by atoms with Crippen LogP contribution in [0.4, 0.5) is 0 Å². The lowest BCUT2D eigenvalue weighted by atomic mass is 9.72. The molecular weight excluding hydrogens is 355 g/mol. The summed E-state index contributed by atoms with van der Waals surface area (Å²) in [7, 11) is 0. The van der Waals surface area contributed by atoms with Gasteiger partial charge in [0.25, 0.3) is 0 Å². The summed E-state index contributed by atoms with van der Waals surface area (Å²) in [6.07, 6.45) is 3.43. The molecule has 1 saturated carbocycles. The summed E-state index contributed by atoms with van der Waals surface area (Å²) in [4.78, 5) is 11.7. The minimum atomic E-state index is -0.634. The number of rotatable bonds is 5. The van der Waals surface area contributed by atoms with Crippen LogP contribution in [0.25, 0.3) is 0 Å². The Balaban J connectivity index is 2.39. The molecule has 0 bridgehead atoms. The van der Waals surface area contributed by atoms with Gasteiger partial charge in [0, 0.05) is 6.42 Å². The molecule has 0 heterocycles. The summed E-state index contributed by atoms with van der Waals surface area (Å²) in [6, 6.07) is 0. The summed E-state index contributed by atoms with van der Waals surface area (Å²) in [5.74, 6) is 0.961. The molecule has 2 atom stereocenters. The van der Waals surface area contributed by atoms with Gasteiger partial charge in [0.1, 0.15) is 0 Å². The maximum Gasteiger partial charge on any atom is 0.339 e. The Morgan fingerprint density at radius 2 is 1.95 bits per heavy atom. The highest BCUT2D eigenvalue weighted by molar-refractivity contribution is 14.2. The molecule has 0 aromatic carbocycles. The van der Waals surface area contributed by atoms with Gasteiger partial charge in [-0.3, -0.25) is 0 Å². The number of carbonyl (C=O) groups is 1. The molecule has 112 valence electrons. The zero-order valence-corrected chi connectivity index (χ0v) is 14.7. The molecule has 3 nitrogen and oxygen atoms in total. The van der Waals surface area contributed by atoms with Crippen molar-refractivity contribution in [1.29, 1.82) is 0 Å². The van der Waals surface area contributed by atoms with E-state index in [0.717, 1.165) is 20.8 Å². The molecule has 0 aromatic rings. The quantitative estimate of drug-likeness (QED) is 0.451. The first-order chi connectivity index (χ1) is 8.86. The van der Waals surface area contributed by atoms with Gasteiger partial charge < -0.3 is 9.84 Å². The third-order valence-electron chi connectivity index (χ3n) is 3.68. The number of esters is 1. The van der Waals surface area contributed by atoms with Crippen LogP contribution in [-0.4, -0.2) is 31.2 Å². The fourth-order valence-electron chi connectivity index (χ4n) is 3.13. The van der Waals surface area contributed by atoms with Crippen molar-refractivity contribution in [3.63, 3.8) is 0 Å². The number of hydrogen-bond donors (Lipinski definition) is 1. The van der Waals surface area contributed by atoms with Crippen molar-refractivity contribution in [2.24, 2.45) is 11.8 Å². The van der Waals surface area contributed by atoms with Gasteiger partial charge in [-0.1, -0.05) is 20.8 Å². The first-order valence-corrected chi connectivity index (χ1v) is 9.79. The third kappa shape index (κ3) is 5.90. The number of carbonyl (C=O) groups excluding carboxylic acids is 1. The molecule has 1 rings (SSSR count). The highest BCUT2D eigenvalue weighted by atomic mass is 127. The van der Waals surface area contributed by atoms with Crippen molar-refractivity contribution in [3.05, 3.63) is 0 Å². The topological polar surface area (TPSA) is 46.5 Å². The Morgan fingerprint density at radius 1 is 1.37 bits per heavy atom. The number of ether oxygens (including phenoxy) is 1. The van der Waals surface area contributed by atoms with Crippen LogP contribution in [0.5, 0.6) is 0 Å². The van der Waals surface area contributed by atoms with Crippen LogP contribution in [0.1, 0.15) is 53.4 Å². The zero-order valence-electron chi connectivity index (χ0n) is 12.5. The monoisotopic (exact) mass is 382 g/mol. The lowest BCUT2D eigenvalue weighted by Gasteiger charge is -2.38. The van der Waals surface area contributed by atoms with E-state index in [1.54, 1.807) is 0 Å². The van der Waals surface area contributed by atoms with Gasteiger partial charge in [0.15, 0.2) is 0 Å². The van der Waals surface area contributed by atoms with Gasteiger partial charge in [-0.25, -0.2) is 4.79 Å². The third-order valence-corrected chi connectivity index (χ3v) is 6.02. The number of alkyl halides is 1. The van der Waals surface area contributed by atoms with Crippen LogP contribution >= 0.6 is 20.7 Å². The predicted molar refractivity (Wildman–Crippen MR) is 87.9 cm³/mol. The van der Waals surface area contributed by atoms with E-state index >= 15 is 0 Å². The average molecular weight is 382 g/mol. The SMILES string of the molecule is CCI=C(C)C(=O)OCCC1(O)CC(C)CC(C)C1. The Morgan fingerprint density at radius 3 is 2.47 bits per heavy atom. The van der Waals surface area contributed by atoms with Crippen molar-refractivity contribution in [3.8, 4) is 0 Å². The van der Waals surface area contributed by atoms with Gasteiger partial charge in [0.05, 0.1) is 15.7 Å². The largest absolute Gasteiger partial charge is 0.462 e. The highest BCUT2D eigenvalue weighted by Gasteiger charge is 2.35. The first kappa shape index (κ1) is 17.1. The normalized spacial score (nSPS) is 32.6. The Bertz CT molecular complexity index is 328. The number of hydrogen-bond acceptors (Lipinski definition) is 3. The summed E-state index contributed by atoms with van der Waals surface area (Å²) >= 11 is -0.156. The van der Waals surface area contributed by atoms with Crippen molar-refractivity contribution in [2.75, 3.05) is 11.0 Å². The summed E-state index contributed by atoms with van der Waals surface area (Å²) in [5.41, 5.74) is -0.634. The Kier molecular flexibility index (Phi) is 6.94. The standard InChI is InChI=1S/C15H27IO3/c1-5-16-13(4)14(17)19-7-6-15(18)9-11(2)8-12(3)10-15/h11-12,18H,5-10H2,1-4H3. The van der Waals surface area contributed by atoms with Crippen LogP contribution in [0.15, 0.2) is 0 Å². The molecule has 0 spiro atoms. The molecule has 1 fully saturated rings. The van der Waals surface area contributed by atoms with E-state index in [0.29, 0.717) is 24.9 Å². The molecule has 0 saturated heterocycles. The number of aliphatic hydroxyl groups is 1. The van der Waals surface area contributed by atoms with E-state index in [2.05, 4.69) is 20.8 Å². The fraction of sp³-hybridized carbons (Fsp3) is 0.867. The van der Waals surface area contributed by atoms with Gasteiger partial charge in [-0.2, -0.15) is 0 Å². The van der Waals surface area contributed by atoms with Crippen molar-refractivity contribution in [2.45, 2.75) is 59.0 Å². The average Bonchev–Trinajstić information content (AvgIpc) is 2.26. The summed E-state index contributed by atoms with van der Waals surface area (Å²) in [5, 5.41) is 10.6. The zero-order chi connectivity index (χ0) is 14.5. The molecule has 0 radical (unpaired) electrons. The molecule has 1 aliphatic carbocycles. The molecule has 0 amide bonds. The minimum Gasteiger partial charge on any atom is -0.462 e. The molecule has 4 heteroatoms. The second-order valence-electron chi connectivity index (χ2n) is 5.90. The van der Waals surface area contributed by atoms with E-state index < -0.39 is 5.60 Å². The molecule has 1 N–H and O–H groups in total. The smallest absolute Gasteiger partial charge is 0.339 e. The van der Waals surface area contributed by atoms with Crippen LogP contribution in [-0.2, 0) is 9.53 Å². The van der Waals surface area contributed by atoms with Crippen LogP contribution in [0.2, 0.25) is 0 Å². The van der Waals surface area contributed by atoms with E-state index in [1.807, 2.05) is 6.92 Å². The second-order valence-corrected chi connectivity index (χ2v) is 9.81. The predicted octanol–water partition coefficient (Wildman–Crippen LogP) is 3.29. The molecule has 0 aliphatic heterocycles. The van der Waals surface area contributed by atoms with E-state index in [4.69, 9.17) is 4.74 Å². The Hall–Kier alpha value is 0.0300. The molecule has 19 heavy (non-hydrogen) atoms. The number of halogens is 1. The lowest BCUT2D eigenvalue weighted by Crippen LogP contribution is -2.39. The van der Waals surface area contributed by atoms with Gasteiger partial charge in [-0.05, 0) is 42.4 Å². The van der Waals surface area contributed by atoms with Crippen molar-refractivity contribution >= 4 is 30.2 Å². The molecule has 0 aromatic heterocycles. The maximum atomic E-state index is 11.7. The van der Waals surface area contributed by atoms with E-state index in [1.165, 1.54) is 6.42 Å². The van der Waals surface area contributed by atoms with Crippen LogP contribution < -0.4 is 0 Å². The molecule has 2 unspecified atom stereocenters. The van der Waals surface area contributed by atoms with E-state index in [-0.39, 0.29) is 26.7 Å². The Labute approximate surface area is 126 Å². The second kappa shape index (κ2) is 7.72. The van der Waals surface area contributed by atoms with Crippen LogP contribution in [0, 0.1) is 11.8 Å². The van der Waals surface area contributed by atoms with Crippen LogP contribution in [0.3, 0.4) is 0 Å². The van der Waals surface area contributed by atoms with Crippen molar-refractivity contribution < 1.29 is 14.6 Å². The molecule has 1 aliphatic rings. The minimum absolute atomic E-state index is 0.156. The van der Waals surface area contributed by atoms with Gasteiger partial charge in [-0.15, -0.1) is 20.7 Å². The highest BCUT2D eigenvalue weighted by Crippen LogP contribution is 2.37. The first-order valence-electron chi connectivity index (χ1n) is 7.18. The van der Waals surface area contributed by atoms with E-state index in [9.17, 15) is 9.90 Å². The summed E-state index contributed by atoms with van der Waals surface area (Å²) < 4.78 is 7.24. The van der Waals surface area contributed by atoms with Gasteiger partial charge in [0.2, 0.25) is 0 Å². The summed E-state index contributed by atoms with van der Waals surface area (Å²) in [6.45, 7) is 8.70. The van der Waals surface area contributed by atoms with Crippen molar-refractivity contribution in [1.82, 2.24) is 0 Å². The lowest BCUT2D eigenvalue weighted by molar-refractivity contribution is -0.137.